The fourth-order valence-electron chi connectivity index (χ4n) is 4.46. The smallest absolute Gasteiger partial charge is 0.274 e. The number of amides is 2. The van der Waals surface area contributed by atoms with Crippen LogP contribution in [-0.2, 0) is 19.5 Å². The monoisotopic (exact) mass is 491 g/mol. The Hall–Kier alpha value is -3.92. The van der Waals surface area contributed by atoms with E-state index in [0.717, 1.165) is 5.56 Å². The minimum absolute atomic E-state index is 0.205. The van der Waals surface area contributed by atoms with Gasteiger partial charge in [0, 0.05) is 63.8 Å². The first-order chi connectivity index (χ1) is 17.0. The molecule has 10 heteroatoms. The Balaban J connectivity index is 1.44. The number of carbonyl (C=O) groups excluding carboxylic acids is 2. The topological polar surface area (TPSA) is 89.1 Å². The van der Waals surface area contributed by atoms with E-state index in [2.05, 4.69) is 4.98 Å². The van der Waals surface area contributed by atoms with Crippen molar-refractivity contribution in [3.05, 3.63) is 86.4 Å². The Kier molecular flexibility index (Phi) is 6.12. The quantitative estimate of drug-likeness (QED) is 0.428. The van der Waals surface area contributed by atoms with E-state index < -0.39 is 0 Å². The molecule has 5 rings (SSSR count). The lowest BCUT2D eigenvalue weighted by Gasteiger charge is -2.22. The van der Waals surface area contributed by atoms with Gasteiger partial charge in [0.15, 0.2) is 0 Å². The third kappa shape index (κ3) is 4.32. The maximum Gasteiger partial charge on any atom is 0.274 e. The van der Waals surface area contributed by atoms with Gasteiger partial charge in [-0.05, 0) is 34.5 Å². The minimum Gasteiger partial charge on any atom is -0.496 e. The van der Waals surface area contributed by atoms with Crippen molar-refractivity contribution in [2.24, 2.45) is 0 Å². The highest BCUT2D eigenvalue weighted by Crippen LogP contribution is 2.25. The Morgan fingerprint density at radius 1 is 1.20 bits per heavy atom. The Bertz CT molecular complexity index is 1420. The highest BCUT2D eigenvalue weighted by Gasteiger charge is 2.29. The third-order valence-electron chi connectivity index (χ3n) is 6.24. The fraction of sp³-hybridized carbons (Fsp3) is 0.280. The van der Waals surface area contributed by atoms with E-state index in [1.165, 1.54) is 13.2 Å². The minimum atomic E-state index is -0.254. The molecule has 4 aromatic rings. The molecule has 0 aliphatic carbocycles. The summed E-state index contributed by atoms with van der Waals surface area (Å²) in [6.07, 6.45) is 3.89. The number of aromatic nitrogens is 3. The van der Waals surface area contributed by atoms with Gasteiger partial charge in [-0.1, -0.05) is 6.07 Å². The van der Waals surface area contributed by atoms with Gasteiger partial charge in [-0.25, -0.2) is 4.98 Å². The molecule has 180 valence electrons. The summed E-state index contributed by atoms with van der Waals surface area (Å²) in [4.78, 5) is 47.4. The molecule has 0 bridgehead atoms. The zero-order valence-electron chi connectivity index (χ0n) is 19.5. The van der Waals surface area contributed by atoms with E-state index >= 15 is 0 Å². The van der Waals surface area contributed by atoms with Gasteiger partial charge in [-0.15, -0.1) is 0 Å². The Morgan fingerprint density at radius 3 is 2.80 bits per heavy atom. The van der Waals surface area contributed by atoms with Crippen molar-refractivity contribution in [1.82, 2.24) is 23.8 Å². The highest BCUT2D eigenvalue weighted by atomic mass is 32.1. The van der Waals surface area contributed by atoms with Crippen LogP contribution in [0.5, 0.6) is 5.75 Å². The van der Waals surface area contributed by atoms with Crippen LogP contribution in [0.2, 0.25) is 0 Å². The summed E-state index contributed by atoms with van der Waals surface area (Å²) in [5.41, 5.74) is 2.77. The average molecular weight is 492 g/mol. The van der Waals surface area contributed by atoms with E-state index in [9.17, 15) is 14.4 Å². The summed E-state index contributed by atoms with van der Waals surface area (Å²) in [5, 5.41) is 3.97. The molecular formula is C25H25N5O4S. The lowest BCUT2D eigenvalue weighted by atomic mass is 10.1. The summed E-state index contributed by atoms with van der Waals surface area (Å²) in [6, 6.07) is 8.91. The normalized spacial score (nSPS) is 13.4. The van der Waals surface area contributed by atoms with Crippen molar-refractivity contribution < 1.29 is 14.3 Å². The average Bonchev–Trinajstić information content (AvgIpc) is 3.48. The van der Waals surface area contributed by atoms with Crippen LogP contribution in [0.3, 0.4) is 0 Å². The molecule has 0 fully saturated rings. The van der Waals surface area contributed by atoms with Gasteiger partial charge in [0.1, 0.15) is 22.7 Å². The summed E-state index contributed by atoms with van der Waals surface area (Å²) < 4.78 is 8.85. The van der Waals surface area contributed by atoms with Crippen LogP contribution < -0.4 is 10.3 Å². The van der Waals surface area contributed by atoms with E-state index in [0.29, 0.717) is 48.7 Å². The molecule has 0 radical (unpaired) electrons. The standard InChI is InChI=1S/C25H25N5O4S/c1-27(14-17-7-12-35-16-17)25(33)23-19-6-9-28(10-11-30(19)22(31)13-20(23)34-2)24(32)18-15-29-8-4-3-5-21(29)26-18/h3-5,7-8,12-13,15-16H,6,9-11,14H2,1-2H3. The van der Waals surface area contributed by atoms with Crippen molar-refractivity contribution in [1.29, 1.82) is 0 Å². The van der Waals surface area contributed by atoms with Crippen LogP contribution in [0, 0.1) is 0 Å². The largest absolute Gasteiger partial charge is 0.496 e. The van der Waals surface area contributed by atoms with Crippen molar-refractivity contribution in [2.45, 2.75) is 19.5 Å². The molecule has 0 saturated carbocycles. The Morgan fingerprint density at radius 2 is 2.06 bits per heavy atom. The number of methoxy groups -OCH3 is 1. The number of rotatable bonds is 5. The molecule has 0 atom stereocenters. The number of hydrogen-bond donors (Lipinski definition) is 0. The van der Waals surface area contributed by atoms with Crippen LogP contribution in [0.15, 0.2) is 58.3 Å². The van der Waals surface area contributed by atoms with Gasteiger partial charge >= 0.3 is 0 Å². The molecule has 9 nitrogen and oxygen atoms in total. The maximum atomic E-state index is 13.5. The Labute approximate surface area is 205 Å². The predicted molar refractivity (Wildman–Crippen MR) is 132 cm³/mol. The van der Waals surface area contributed by atoms with E-state index in [4.69, 9.17) is 4.74 Å². The zero-order valence-corrected chi connectivity index (χ0v) is 20.3. The van der Waals surface area contributed by atoms with E-state index in [1.54, 1.807) is 43.3 Å². The van der Waals surface area contributed by atoms with Crippen LogP contribution in [0.1, 0.15) is 32.1 Å². The van der Waals surface area contributed by atoms with Crippen LogP contribution >= 0.6 is 11.3 Å². The molecule has 5 heterocycles. The SMILES string of the molecule is COc1cc(=O)n2c(c1C(=O)N(C)Cc1ccsc1)CCN(C(=O)c1cn3ccccc3n1)CC2. The number of fused-ring (bicyclic) bond motifs is 2. The van der Waals surface area contributed by atoms with Gasteiger partial charge in [0.05, 0.1) is 7.11 Å². The number of thiophene rings is 1. The lowest BCUT2D eigenvalue weighted by molar-refractivity contribution is 0.0753. The second kappa shape index (κ2) is 9.38. The zero-order chi connectivity index (χ0) is 24.5. The first-order valence-corrected chi connectivity index (χ1v) is 12.2. The molecule has 0 aromatic carbocycles. The number of hydrogen-bond acceptors (Lipinski definition) is 6. The van der Waals surface area contributed by atoms with Crippen molar-refractivity contribution in [2.75, 3.05) is 27.2 Å². The second-order valence-corrected chi connectivity index (χ2v) is 9.23. The predicted octanol–water partition coefficient (Wildman–Crippen LogP) is 2.54. The molecule has 35 heavy (non-hydrogen) atoms. The van der Waals surface area contributed by atoms with E-state index in [1.807, 2.05) is 41.2 Å². The molecule has 0 spiro atoms. The van der Waals surface area contributed by atoms with Crippen molar-refractivity contribution in [3.63, 3.8) is 0 Å². The molecule has 0 saturated heterocycles. The number of nitrogens with zero attached hydrogens (tertiary/aromatic N) is 5. The number of carbonyl (C=O) groups is 2. The van der Waals surface area contributed by atoms with Gasteiger partial charge in [-0.2, -0.15) is 11.3 Å². The van der Waals surface area contributed by atoms with Crippen molar-refractivity contribution in [3.8, 4) is 5.75 Å². The van der Waals surface area contributed by atoms with E-state index in [-0.39, 0.29) is 29.7 Å². The van der Waals surface area contributed by atoms with Gasteiger partial charge in [-0.3, -0.25) is 14.4 Å². The molecule has 0 N–H and O–H groups in total. The summed E-state index contributed by atoms with van der Waals surface area (Å²) in [6.45, 7) is 1.42. The summed E-state index contributed by atoms with van der Waals surface area (Å²) >= 11 is 1.57. The highest BCUT2D eigenvalue weighted by molar-refractivity contribution is 7.07. The molecular weight excluding hydrogens is 466 g/mol. The van der Waals surface area contributed by atoms with Crippen LogP contribution in [0.25, 0.3) is 5.65 Å². The third-order valence-corrected chi connectivity index (χ3v) is 6.98. The molecule has 0 unspecified atom stereocenters. The number of ether oxygens (including phenoxy) is 1. The first-order valence-electron chi connectivity index (χ1n) is 11.3. The van der Waals surface area contributed by atoms with Crippen LogP contribution in [0.4, 0.5) is 0 Å². The summed E-state index contributed by atoms with van der Waals surface area (Å²) in [7, 11) is 3.19. The van der Waals surface area contributed by atoms with Crippen molar-refractivity contribution >= 4 is 28.8 Å². The lowest BCUT2D eigenvalue weighted by Crippen LogP contribution is -2.34. The first kappa shape index (κ1) is 22.9. The van der Waals surface area contributed by atoms with Gasteiger partial charge < -0.3 is 23.5 Å². The number of pyridine rings is 2. The van der Waals surface area contributed by atoms with Gasteiger partial charge in [0.25, 0.3) is 17.4 Å². The number of imidazole rings is 1. The second-order valence-electron chi connectivity index (χ2n) is 8.45. The maximum absolute atomic E-state index is 13.5. The summed E-state index contributed by atoms with van der Waals surface area (Å²) in [5.74, 6) is -0.176. The van der Waals surface area contributed by atoms with Gasteiger partial charge in [0.2, 0.25) is 0 Å². The van der Waals surface area contributed by atoms with Crippen LogP contribution in [-0.4, -0.2) is 62.8 Å². The molecule has 2 amide bonds. The fourth-order valence-corrected chi connectivity index (χ4v) is 5.12. The molecule has 1 aliphatic rings. The molecule has 4 aromatic heterocycles. The molecule has 1 aliphatic heterocycles.